The summed E-state index contributed by atoms with van der Waals surface area (Å²) in [5.41, 5.74) is 0.559. The van der Waals surface area contributed by atoms with Crippen molar-refractivity contribution in [2.75, 3.05) is 0 Å². The lowest BCUT2D eigenvalue weighted by Gasteiger charge is -2.09. The van der Waals surface area contributed by atoms with Gasteiger partial charge < -0.3 is 9.67 Å². The maximum absolute atomic E-state index is 10.00. The van der Waals surface area contributed by atoms with Gasteiger partial charge in [0.1, 0.15) is 11.5 Å². The molecule has 0 fully saturated rings. The lowest BCUT2D eigenvalue weighted by molar-refractivity contribution is 0.199. The third kappa shape index (κ3) is 2.05. The second kappa shape index (κ2) is 4.50. The third-order valence-corrected chi connectivity index (χ3v) is 2.64. The van der Waals surface area contributed by atoms with Crippen molar-refractivity contribution in [2.24, 2.45) is 0 Å². The predicted molar refractivity (Wildman–Crippen MR) is 56.5 cm³/mol. The van der Waals surface area contributed by atoms with E-state index in [-0.39, 0.29) is 0 Å². The first kappa shape index (κ1) is 10.3. The molecular weight excluding hydrogens is 212 g/mol. The fourth-order valence-corrected chi connectivity index (χ4v) is 1.89. The number of hydrogen-bond donors (Lipinski definition) is 1. The van der Waals surface area contributed by atoms with Gasteiger partial charge in [0.2, 0.25) is 0 Å². The molecule has 0 bridgehead atoms. The van der Waals surface area contributed by atoms with Crippen LogP contribution in [0.2, 0.25) is 0 Å². The smallest absolute Gasteiger partial charge is 0.156 e. The molecule has 0 aliphatic heterocycles. The van der Waals surface area contributed by atoms with Gasteiger partial charge in [-0.15, -0.1) is 5.10 Å². The molecule has 1 unspecified atom stereocenters. The van der Waals surface area contributed by atoms with Gasteiger partial charge in [-0.25, -0.2) is 4.98 Å². The number of hydrogen-bond acceptors (Lipinski definition) is 5. The molecule has 0 aliphatic carbocycles. The summed E-state index contributed by atoms with van der Waals surface area (Å²) in [5.74, 6) is 0.629. The van der Waals surface area contributed by atoms with E-state index in [1.807, 2.05) is 10.8 Å². The van der Waals surface area contributed by atoms with E-state index >= 15 is 0 Å². The molecule has 6 heteroatoms. The Morgan fingerprint density at radius 2 is 2.47 bits per heavy atom. The lowest BCUT2D eigenvalue weighted by atomic mass is 10.2. The zero-order chi connectivity index (χ0) is 10.7. The van der Waals surface area contributed by atoms with Crippen LogP contribution in [0, 0.1) is 0 Å². The van der Waals surface area contributed by atoms with Crippen LogP contribution >= 0.6 is 11.5 Å². The molecule has 2 rings (SSSR count). The highest BCUT2D eigenvalue weighted by Gasteiger charge is 2.18. The number of nitrogens with zero attached hydrogens (tertiary/aromatic N) is 4. The van der Waals surface area contributed by atoms with Crippen LogP contribution in [-0.4, -0.2) is 24.2 Å². The Kier molecular flexibility index (Phi) is 3.08. The predicted octanol–water partition coefficient (Wildman–Crippen LogP) is 1.23. The summed E-state index contributed by atoms with van der Waals surface area (Å²) in [6, 6.07) is 0. The van der Waals surface area contributed by atoms with Gasteiger partial charge in [-0.3, -0.25) is 0 Å². The molecule has 0 saturated heterocycles. The van der Waals surface area contributed by atoms with Crippen molar-refractivity contribution >= 4 is 11.5 Å². The van der Waals surface area contributed by atoms with Crippen molar-refractivity contribution in [3.05, 3.63) is 29.3 Å². The van der Waals surface area contributed by atoms with E-state index < -0.39 is 6.10 Å². The largest absolute Gasteiger partial charge is 0.379 e. The van der Waals surface area contributed by atoms with E-state index in [9.17, 15) is 5.11 Å². The van der Waals surface area contributed by atoms with Gasteiger partial charge >= 0.3 is 0 Å². The highest BCUT2D eigenvalue weighted by Crippen LogP contribution is 2.19. The number of aliphatic hydroxyl groups is 1. The Bertz CT molecular complexity index is 411. The quantitative estimate of drug-likeness (QED) is 0.848. The fraction of sp³-hybridized carbons (Fsp3) is 0.444. The molecule has 80 valence electrons. The molecule has 2 aromatic heterocycles. The van der Waals surface area contributed by atoms with E-state index in [0.717, 1.165) is 13.0 Å². The highest BCUT2D eigenvalue weighted by molar-refractivity contribution is 7.03. The van der Waals surface area contributed by atoms with E-state index in [4.69, 9.17) is 0 Å². The van der Waals surface area contributed by atoms with Crippen LogP contribution in [0.25, 0.3) is 0 Å². The van der Waals surface area contributed by atoms with Crippen LogP contribution in [0.4, 0.5) is 0 Å². The van der Waals surface area contributed by atoms with Crippen LogP contribution in [0.15, 0.2) is 17.8 Å². The molecule has 0 aromatic carbocycles. The summed E-state index contributed by atoms with van der Waals surface area (Å²) >= 11 is 1.23. The van der Waals surface area contributed by atoms with E-state index in [1.54, 1.807) is 11.6 Å². The Labute approximate surface area is 91.6 Å². The van der Waals surface area contributed by atoms with Crippen LogP contribution in [0.3, 0.4) is 0 Å². The topological polar surface area (TPSA) is 63.8 Å². The monoisotopic (exact) mass is 224 g/mol. The molecule has 5 nitrogen and oxygen atoms in total. The first-order valence-corrected chi connectivity index (χ1v) is 5.62. The van der Waals surface area contributed by atoms with Gasteiger partial charge in [-0.1, -0.05) is 11.4 Å². The molecule has 2 aromatic rings. The summed E-state index contributed by atoms with van der Waals surface area (Å²) < 4.78 is 5.66. The van der Waals surface area contributed by atoms with Crippen molar-refractivity contribution in [1.29, 1.82) is 0 Å². The van der Waals surface area contributed by atoms with Crippen molar-refractivity contribution in [1.82, 2.24) is 19.1 Å². The number of aromatic nitrogens is 4. The van der Waals surface area contributed by atoms with Gasteiger partial charge in [-0.05, 0) is 18.0 Å². The second-order valence-corrected chi connectivity index (χ2v) is 3.82. The lowest BCUT2D eigenvalue weighted by Crippen LogP contribution is -2.10. The normalized spacial score (nSPS) is 12.9. The third-order valence-electron chi connectivity index (χ3n) is 2.11. The number of rotatable bonds is 4. The first-order valence-electron chi connectivity index (χ1n) is 4.79. The van der Waals surface area contributed by atoms with Crippen LogP contribution < -0.4 is 0 Å². The standard InChI is InChI=1S/C9H12N4OS/c1-2-4-13-5-3-10-9(13)8(14)7-6-15-12-11-7/h3,5-6,8,14H,2,4H2,1H3. The van der Waals surface area contributed by atoms with Crippen molar-refractivity contribution in [3.63, 3.8) is 0 Å². The molecule has 15 heavy (non-hydrogen) atoms. The first-order chi connectivity index (χ1) is 7.33. The van der Waals surface area contributed by atoms with Crippen LogP contribution in [-0.2, 0) is 6.54 Å². The molecule has 0 spiro atoms. The maximum atomic E-state index is 10.00. The summed E-state index contributed by atoms with van der Waals surface area (Å²) in [6.07, 6.45) is 3.78. The maximum Gasteiger partial charge on any atom is 0.156 e. The Balaban J connectivity index is 2.25. The molecule has 2 heterocycles. The van der Waals surface area contributed by atoms with E-state index in [2.05, 4.69) is 21.5 Å². The van der Waals surface area contributed by atoms with Crippen molar-refractivity contribution in [3.8, 4) is 0 Å². The summed E-state index contributed by atoms with van der Waals surface area (Å²) in [7, 11) is 0. The van der Waals surface area contributed by atoms with E-state index in [1.165, 1.54) is 11.5 Å². The number of aryl methyl sites for hydroxylation is 1. The molecular formula is C9H12N4OS. The van der Waals surface area contributed by atoms with Gasteiger partial charge in [0.25, 0.3) is 0 Å². The highest BCUT2D eigenvalue weighted by atomic mass is 32.1. The number of aliphatic hydroxyl groups excluding tert-OH is 1. The minimum absolute atomic E-state index is 0.559. The average Bonchev–Trinajstić information content (AvgIpc) is 2.87. The second-order valence-electron chi connectivity index (χ2n) is 3.21. The zero-order valence-corrected chi connectivity index (χ0v) is 9.18. The van der Waals surface area contributed by atoms with E-state index in [0.29, 0.717) is 11.5 Å². The average molecular weight is 224 g/mol. The van der Waals surface area contributed by atoms with Crippen molar-refractivity contribution in [2.45, 2.75) is 26.0 Å². The fourth-order valence-electron chi connectivity index (χ4n) is 1.42. The van der Waals surface area contributed by atoms with Gasteiger partial charge in [0, 0.05) is 24.3 Å². The minimum atomic E-state index is -0.773. The molecule has 0 saturated carbocycles. The molecule has 1 atom stereocenters. The summed E-state index contributed by atoms with van der Waals surface area (Å²) in [6.45, 7) is 2.94. The van der Waals surface area contributed by atoms with Crippen molar-refractivity contribution < 1.29 is 5.11 Å². The van der Waals surface area contributed by atoms with Crippen LogP contribution in [0.5, 0.6) is 0 Å². The molecule has 0 radical (unpaired) electrons. The zero-order valence-electron chi connectivity index (χ0n) is 8.37. The van der Waals surface area contributed by atoms with Gasteiger partial charge in [0.05, 0.1) is 0 Å². The Hall–Kier alpha value is -1.27. The molecule has 1 N–H and O–H groups in total. The van der Waals surface area contributed by atoms with Gasteiger partial charge in [-0.2, -0.15) is 0 Å². The van der Waals surface area contributed by atoms with Gasteiger partial charge in [0.15, 0.2) is 6.10 Å². The molecule has 0 aliphatic rings. The minimum Gasteiger partial charge on any atom is -0.379 e. The Morgan fingerprint density at radius 3 is 3.13 bits per heavy atom. The summed E-state index contributed by atoms with van der Waals surface area (Å²) in [5, 5.41) is 15.6. The Morgan fingerprint density at radius 1 is 1.60 bits per heavy atom. The SMILES string of the molecule is CCCn1ccnc1C(O)c1csnn1. The molecule has 0 amide bonds. The van der Waals surface area contributed by atoms with Crippen LogP contribution in [0.1, 0.15) is 31.0 Å². The summed E-state index contributed by atoms with van der Waals surface area (Å²) in [4.78, 5) is 4.14. The number of imidazole rings is 1.